The Bertz CT molecular complexity index is 476. The van der Waals surface area contributed by atoms with Gasteiger partial charge in [-0.3, -0.25) is 9.69 Å². The van der Waals surface area contributed by atoms with E-state index in [0.717, 1.165) is 23.4 Å². The molecule has 2 N–H and O–H groups in total. The molecule has 1 aliphatic rings. The SMILES string of the molecule is Cc1ccc(C)c(OC[C@@H](O)CN2CCNC(=O)C2)c1. The zero-order chi connectivity index (χ0) is 14.5. The first-order valence-electron chi connectivity index (χ1n) is 6.92. The average molecular weight is 278 g/mol. The Morgan fingerprint density at radius 1 is 1.45 bits per heavy atom. The van der Waals surface area contributed by atoms with E-state index in [9.17, 15) is 9.90 Å². The van der Waals surface area contributed by atoms with E-state index < -0.39 is 6.10 Å². The van der Waals surface area contributed by atoms with Gasteiger partial charge in [0.25, 0.3) is 0 Å². The molecule has 1 aliphatic heterocycles. The minimum Gasteiger partial charge on any atom is -0.491 e. The molecule has 110 valence electrons. The summed E-state index contributed by atoms with van der Waals surface area (Å²) in [5.74, 6) is 0.819. The molecule has 5 nitrogen and oxygen atoms in total. The number of amides is 1. The third kappa shape index (κ3) is 4.21. The molecule has 0 radical (unpaired) electrons. The molecule has 2 rings (SSSR count). The van der Waals surface area contributed by atoms with Crippen LogP contribution < -0.4 is 10.1 Å². The van der Waals surface area contributed by atoms with Crippen LogP contribution in [0.3, 0.4) is 0 Å². The Morgan fingerprint density at radius 2 is 2.25 bits per heavy atom. The molecule has 1 aromatic rings. The average Bonchev–Trinajstić information content (AvgIpc) is 2.40. The summed E-state index contributed by atoms with van der Waals surface area (Å²) in [7, 11) is 0. The maximum atomic E-state index is 11.3. The van der Waals surface area contributed by atoms with Gasteiger partial charge in [-0.25, -0.2) is 0 Å². The molecule has 1 amide bonds. The predicted octanol–water partition coefficient (Wildman–Crippen LogP) is 0.475. The molecule has 1 heterocycles. The van der Waals surface area contributed by atoms with Crippen LogP contribution in [-0.2, 0) is 4.79 Å². The highest BCUT2D eigenvalue weighted by Crippen LogP contribution is 2.19. The Balaban J connectivity index is 1.81. The highest BCUT2D eigenvalue weighted by molar-refractivity contribution is 5.78. The van der Waals surface area contributed by atoms with Gasteiger partial charge in [0.2, 0.25) is 5.91 Å². The molecule has 20 heavy (non-hydrogen) atoms. The van der Waals surface area contributed by atoms with E-state index in [1.54, 1.807) is 0 Å². The van der Waals surface area contributed by atoms with E-state index in [2.05, 4.69) is 5.32 Å². The highest BCUT2D eigenvalue weighted by atomic mass is 16.5. The van der Waals surface area contributed by atoms with Crippen LogP contribution in [0.2, 0.25) is 0 Å². The van der Waals surface area contributed by atoms with Gasteiger partial charge in [0.05, 0.1) is 6.54 Å². The number of aryl methyl sites for hydroxylation is 2. The number of nitrogens with zero attached hydrogens (tertiary/aromatic N) is 1. The van der Waals surface area contributed by atoms with E-state index in [1.807, 2.05) is 36.9 Å². The van der Waals surface area contributed by atoms with Crippen molar-refractivity contribution in [3.8, 4) is 5.75 Å². The minimum absolute atomic E-state index is 0.0129. The summed E-state index contributed by atoms with van der Waals surface area (Å²) in [5.41, 5.74) is 2.19. The maximum Gasteiger partial charge on any atom is 0.234 e. The lowest BCUT2D eigenvalue weighted by molar-refractivity contribution is -0.124. The first kappa shape index (κ1) is 14.8. The second-order valence-corrected chi connectivity index (χ2v) is 5.32. The molecular formula is C15H22N2O3. The van der Waals surface area contributed by atoms with E-state index in [0.29, 0.717) is 19.6 Å². The van der Waals surface area contributed by atoms with Crippen molar-refractivity contribution in [3.63, 3.8) is 0 Å². The summed E-state index contributed by atoms with van der Waals surface area (Å²) < 4.78 is 5.67. The van der Waals surface area contributed by atoms with E-state index in [-0.39, 0.29) is 12.5 Å². The van der Waals surface area contributed by atoms with E-state index in [4.69, 9.17) is 4.74 Å². The molecule has 0 bridgehead atoms. The summed E-state index contributed by atoms with van der Waals surface area (Å²) in [4.78, 5) is 13.2. The van der Waals surface area contributed by atoms with Gasteiger partial charge in [0.15, 0.2) is 0 Å². The summed E-state index contributed by atoms with van der Waals surface area (Å²) in [6.07, 6.45) is -0.596. The molecule has 0 aromatic heterocycles. The van der Waals surface area contributed by atoms with E-state index >= 15 is 0 Å². The fraction of sp³-hybridized carbons (Fsp3) is 0.533. The lowest BCUT2D eigenvalue weighted by atomic mass is 10.1. The van der Waals surface area contributed by atoms with Gasteiger partial charge in [-0.15, -0.1) is 0 Å². The van der Waals surface area contributed by atoms with Crippen LogP contribution in [0.25, 0.3) is 0 Å². The third-order valence-electron chi connectivity index (χ3n) is 3.36. The van der Waals surface area contributed by atoms with Crippen LogP contribution in [0.15, 0.2) is 18.2 Å². The Kier molecular flexibility index (Phi) is 4.98. The van der Waals surface area contributed by atoms with Gasteiger partial charge < -0.3 is 15.2 Å². The number of carbonyl (C=O) groups is 1. The number of hydrogen-bond acceptors (Lipinski definition) is 4. The fourth-order valence-electron chi connectivity index (χ4n) is 2.25. The largest absolute Gasteiger partial charge is 0.491 e. The smallest absolute Gasteiger partial charge is 0.234 e. The second kappa shape index (κ2) is 6.72. The third-order valence-corrected chi connectivity index (χ3v) is 3.36. The van der Waals surface area contributed by atoms with Crippen LogP contribution in [0.5, 0.6) is 5.75 Å². The molecule has 0 spiro atoms. The van der Waals surface area contributed by atoms with Crippen LogP contribution in [0, 0.1) is 13.8 Å². The highest BCUT2D eigenvalue weighted by Gasteiger charge is 2.19. The molecule has 1 fully saturated rings. The quantitative estimate of drug-likeness (QED) is 0.822. The maximum absolute atomic E-state index is 11.3. The second-order valence-electron chi connectivity index (χ2n) is 5.32. The summed E-state index contributed by atoms with van der Waals surface area (Å²) in [6.45, 7) is 6.45. The van der Waals surface area contributed by atoms with Crippen molar-refractivity contribution < 1.29 is 14.6 Å². The topological polar surface area (TPSA) is 61.8 Å². The number of rotatable bonds is 5. The number of aliphatic hydroxyl groups is 1. The molecular weight excluding hydrogens is 256 g/mol. The standard InChI is InChI=1S/C15H22N2O3/c1-11-3-4-12(2)14(7-11)20-10-13(18)8-17-6-5-16-15(19)9-17/h3-4,7,13,18H,5-6,8-10H2,1-2H3,(H,16,19)/t13-/m0/s1. The van der Waals surface area contributed by atoms with Gasteiger partial charge in [0, 0.05) is 19.6 Å². The molecule has 0 unspecified atom stereocenters. The van der Waals surface area contributed by atoms with Crippen LogP contribution in [0.4, 0.5) is 0 Å². The zero-order valence-corrected chi connectivity index (χ0v) is 12.1. The molecule has 5 heteroatoms. The van der Waals surface area contributed by atoms with Crippen molar-refractivity contribution in [2.24, 2.45) is 0 Å². The number of hydrogen-bond donors (Lipinski definition) is 2. The summed E-state index contributed by atoms with van der Waals surface area (Å²) >= 11 is 0. The van der Waals surface area contributed by atoms with Crippen molar-refractivity contribution in [2.45, 2.75) is 20.0 Å². The van der Waals surface area contributed by atoms with Crippen molar-refractivity contribution >= 4 is 5.91 Å². The molecule has 0 saturated carbocycles. The van der Waals surface area contributed by atoms with Crippen LogP contribution in [0.1, 0.15) is 11.1 Å². The number of carbonyl (C=O) groups excluding carboxylic acids is 1. The van der Waals surface area contributed by atoms with Gasteiger partial charge in [-0.2, -0.15) is 0 Å². The lowest BCUT2D eigenvalue weighted by Crippen LogP contribution is -2.50. The number of benzene rings is 1. The minimum atomic E-state index is -0.596. The van der Waals surface area contributed by atoms with Crippen LogP contribution in [-0.4, -0.2) is 54.8 Å². The molecule has 1 aromatic carbocycles. The Morgan fingerprint density at radius 3 is 3.00 bits per heavy atom. The number of piperazine rings is 1. The zero-order valence-electron chi connectivity index (χ0n) is 12.1. The number of β-amino-alcohol motifs (C(OH)–C–C–N with tert-alkyl or cyclic N) is 1. The van der Waals surface area contributed by atoms with Crippen molar-refractivity contribution in [1.29, 1.82) is 0 Å². The molecule has 1 saturated heterocycles. The van der Waals surface area contributed by atoms with Gasteiger partial charge >= 0.3 is 0 Å². The summed E-state index contributed by atoms with van der Waals surface area (Å²) in [5, 5.41) is 12.8. The van der Waals surface area contributed by atoms with E-state index in [1.165, 1.54) is 0 Å². The normalized spacial score (nSPS) is 17.6. The Labute approximate surface area is 119 Å². The van der Waals surface area contributed by atoms with Crippen LogP contribution >= 0.6 is 0 Å². The van der Waals surface area contributed by atoms with Crippen molar-refractivity contribution in [1.82, 2.24) is 10.2 Å². The summed E-state index contributed by atoms with van der Waals surface area (Å²) in [6, 6.07) is 6.01. The first-order chi connectivity index (χ1) is 9.54. The Hall–Kier alpha value is -1.59. The predicted molar refractivity (Wildman–Crippen MR) is 76.9 cm³/mol. The number of aliphatic hydroxyl groups excluding tert-OH is 1. The molecule has 1 atom stereocenters. The number of ether oxygens (including phenoxy) is 1. The number of nitrogens with one attached hydrogen (secondary N) is 1. The van der Waals surface area contributed by atoms with Gasteiger partial charge in [-0.05, 0) is 31.0 Å². The monoisotopic (exact) mass is 278 g/mol. The van der Waals surface area contributed by atoms with Crippen molar-refractivity contribution in [3.05, 3.63) is 29.3 Å². The van der Waals surface area contributed by atoms with Gasteiger partial charge in [0.1, 0.15) is 18.5 Å². The van der Waals surface area contributed by atoms with Gasteiger partial charge in [-0.1, -0.05) is 12.1 Å². The molecule has 0 aliphatic carbocycles. The first-order valence-corrected chi connectivity index (χ1v) is 6.92. The lowest BCUT2D eigenvalue weighted by Gasteiger charge is -2.28. The fourth-order valence-corrected chi connectivity index (χ4v) is 2.25. The van der Waals surface area contributed by atoms with Crippen molar-refractivity contribution in [2.75, 3.05) is 32.8 Å².